The van der Waals surface area contributed by atoms with Crippen LogP contribution in [0.3, 0.4) is 0 Å². The lowest BCUT2D eigenvalue weighted by molar-refractivity contribution is 0.0987. The number of benzene rings is 1. The Balaban J connectivity index is 2.42. The van der Waals surface area contributed by atoms with Gasteiger partial charge in [0.1, 0.15) is 0 Å². The highest BCUT2D eigenvalue weighted by Gasteiger charge is 2.20. The molecule has 1 aliphatic rings. The summed E-state index contributed by atoms with van der Waals surface area (Å²) in [6.07, 6.45) is 2.16. The van der Waals surface area contributed by atoms with Gasteiger partial charge in [0.2, 0.25) is 0 Å². The second-order valence-electron chi connectivity index (χ2n) is 5.47. The van der Waals surface area contributed by atoms with Crippen LogP contribution in [0.5, 0.6) is 0 Å². The van der Waals surface area contributed by atoms with Crippen molar-refractivity contribution in [3.63, 3.8) is 0 Å². The number of rotatable bonds is 3. The molecule has 1 aromatic rings. The molecule has 0 saturated carbocycles. The molecule has 0 aliphatic carbocycles. The van der Waals surface area contributed by atoms with Crippen LogP contribution in [-0.4, -0.2) is 35.0 Å². The van der Waals surface area contributed by atoms with Crippen molar-refractivity contribution in [2.24, 2.45) is 0 Å². The third kappa shape index (κ3) is 3.15. The number of hydrogen-bond donors (Lipinski definition) is 1. The third-order valence-corrected chi connectivity index (χ3v) is 4.08. The summed E-state index contributed by atoms with van der Waals surface area (Å²) in [4.78, 5) is 24.5. The van der Waals surface area contributed by atoms with Crippen molar-refractivity contribution in [2.45, 2.75) is 33.6 Å². The van der Waals surface area contributed by atoms with Crippen LogP contribution in [-0.2, 0) is 0 Å². The van der Waals surface area contributed by atoms with Gasteiger partial charge in [0.25, 0.3) is 0 Å². The van der Waals surface area contributed by atoms with Gasteiger partial charge in [-0.3, -0.25) is 4.79 Å². The average molecular weight is 287 g/mol. The smallest absolute Gasteiger partial charge is 0.407 e. The van der Waals surface area contributed by atoms with Crippen LogP contribution in [0.2, 0.25) is 0 Å². The Labute approximate surface area is 125 Å². The molecule has 1 N–H and O–H groups in total. The maximum atomic E-state index is 12.2. The molecular weight excluding hydrogens is 266 g/mol. The van der Waals surface area contributed by atoms with Gasteiger partial charge in [-0.05, 0) is 48.6 Å². The van der Waals surface area contributed by atoms with Gasteiger partial charge >= 0.3 is 6.09 Å². The lowest BCUT2D eigenvalue weighted by Gasteiger charge is -2.25. The molecule has 1 amide bonds. The summed E-state index contributed by atoms with van der Waals surface area (Å²) in [5.41, 5.74) is 5.07. The normalized spacial score (nSPS) is 14.8. The number of amides is 1. The number of carbonyl (C=O) groups is 2. The second-order valence-corrected chi connectivity index (χ2v) is 5.47. The van der Waals surface area contributed by atoms with Crippen molar-refractivity contribution in [1.82, 2.24) is 4.90 Å². The molecule has 21 heavy (non-hydrogen) atoms. The first kappa shape index (κ1) is 15.3. The minimum Gasteiger partial charge on any atom is -0.465 e. The summed E-state index contributed by atoms with van der Waals surface area (Å²) in [7, 11) is 0. The van der Waals surface area contributed by atoms with Crippen LogP contribution in [0, 0.1) is 13.8 Å². The van der Waals surface area contributed by atoms with Crippen molar-refractivity contribution < 1.29 is 14.7 Å². The monoisotopic (exact) mass is 287 g/mol. The molecule has 0 saturated heterocycles. The van der Waals surface area contributed by atoms with Crippen LogP contribution in [0.4, 0.5) is 4.79 Å². The Morgan fingerprint density at radius 3 is 2.43 bits per heavy atom. The van der Waals surface area contributed by atoms with E-state index in [9.17, 15) is 9.59 Å². The molecular formula is C17H21NO3. The summed E-state index contributed by atoms with van der Waals surface area (Å²) >= 11 is 0. The Hall–Kier alpha value is -2.10. The van der Waals surface area contributed by atoms with E-state index in [1.165, 1.54) is 4.90 Å². The van der Waals surface area contributed by atoms with Crippen molar-refractivity contribution in [3.8, 4) is 0 Å². The third-order valence-electron chi connectivity index (χ3n) is 4.08. The maximum absolute atomic E-state index is 12.2. The first-order valence-electron chi connectivity index (χ1n) is 7.25. The van der Waals surface area contributed by atoms with Crippen LogP contribution >= 0.6 is 0 Å². The molecule has 0 bridgehead atoms. The van der Waals surface area contributed by atoms with E-state index in [1.807, 2.05) is 32.9 Å². The highest BCUT2D eigenvalue weighted by Crippen LogP contribution is 2.28. The van der Waals surface area contributed by atoms with Crippen LogP contribution in [0.1, 0.15) is 46.8 Å². The van der Waals surface area contributed by atoms with E-state index < -0.39 is 6.09 Å². The zero-order valence-corrected chi connectivity index (χ0v) is 12.8. The number of Topliss-reactive ketones (excluding diaryl/α,β-unsaturated/α-hetero) is 1. The van der Waals surface area contributed by atoms with Gasteiger partial charge in [-0.1, -0.05) is 19.1 Å². The standard InChI is InChI=1S/C17H21NO3/c1-4-16(19)15-10-12(3)11(2)9-14(15)13-5-7-18(8-6-13)17(20)21/h5,9-10H,4,6-8H2,1-3H3,(H,20,21). The van der Waals surface area contributed by atoms with E-state index in [4.69, 9.17) is 5.11 Å². The minimum atomic E-state index is -0.893. The zero-order valence-electron chi connectivity index (χ0n) is 12.8. The Bertz CT molecular complexity index is 617. The van der Waals surface area contributed by atoms with Gasteiger partial charge in [0, 0.05) is 25.1 Å². The van der Waals surface area contributed by atoms with Crippen LogP contribution < -0.4 is 0 Å². The number of carboxylic acid groups (broad SMARTS) is 1. The summed E-state index contributed by atoms with van der Waals surface area (Å²) < 4.78 is 0. The number of ketones is 1. The molecule has 112 valence electrons. The molecule has 2 rings (SSSR count). The Morgan fingerprint density at radius 1 is 1.24 bits per heavy atom. The molecule has 0 fully saturated rings. The van der Waals surface area contributed by atoms with Gasteiger partial charge in [-0.25, -0.2) is 4.79 Å². The van der Waals surface area contributed by atoms with E-state index in [-0.39, 0.29) is 5.78 Å². The first-order chi connectivity index (χ1) is 9.93. The fourth-order valence-corrected chi connectivity index (χ4v) is 2.59. The summed E-state index contributed by atoms with van der Waals surface area (Å²) in [5.74, 6) is 0.134. The van der Waals surface area contributed by atoms with E-state index in [0.29, 0.717) is 25.9 Å². The highest BCUT2D eigenvalue weighted by atomic mass is 16.4. The number of carbonyl (C=O) groups excluding carboxylic acids is 1. The van der Waals surface area contributed by atoms with Gasteiger partial charge in [0.15, 0.2) is 5.78 Å². The quantitative estimate of drug-likeness (QED) is 0.863. The van der Waals surface area contributed by atoms with E-state index in [1.54, 1.807) is 0 Å². The fraction of sp³-hybridized carbons (Fsp3) is 0.412. The largest absolute Gasteiger partial charge is 0.465 e. The Morgan fingerprint density at radius 2 is 1.90 bits per heavy atom. The van der Waals surface area contributed by atoms with Crippen molar-refractivity contribution in [3.05, 3.63) is 40.5 Å². The SMILES string of the molecule is CCC(=O)c1cc(C)c(C)cc1C1=CCN(C(=O)O)CC1. The van der Waals surface area contributed by atoms with Crippen molar-refractivity contribution in [1.29, 1.82) is 0 Å². The van der Waals surface area contributed by atoms with Crippen LogP contribution in [0.25, 0.3) is 5.57 Å². The molecule has 1 aliphatic heterocycles. The topological polar surface area (TPSA) is 57.6 Å². The number of hydrogen-bond acceptors (Lipinski definition) is 2. The highest BCUT2D eigenvalue weighted by molar-refractivity contribution is 6.01. The summed E-state index contributed by atoms with van der Waals surface area (Å²) in [6.45, 7) is 6.77. The molecule has 1 heterocycles. The summed E-state index contributed by atoms with van der Waals surface area (Å²) in [6, 6.07) is 4.02. The van der Waals surface area contributed by atoms with E-state index >= 15 is 0 Å². The van der Waals surface area contributed by atoms with Gasteiger partial charge < -0.3 is 10.0 Å². The minimum absolute atomic E-state index is 0.134. The second kappa shape index (κ2) is 6.12. The predicted octanol–water partition coefficient (Wildman–Crippen LogP) is 3.66. The Kier molecular flexibility index (Phi) is 4.46. The van der Waals surface area contributed by atoms with Crippen molar-refractivity contribution in [2.75, 3.05) is 13.1 Å². The molecule has 0 aromatic heterocycles. The van der Waals surface area contributed by atoms with Crippen molar-refractivity contribution >= 4 is 17.4 Å². The molecule has 1 aromatic carbocycles. The maximum Gasteiger partial charge on any atom is 0.407 e. The molecule has 0 unspecified atom stereocenters. The summed E-state index contributed by atoms with van der Waals surface area (Å²) in [5, 5.41) is 9.00. The molecule has 4 nitrogen and oxygen atoms in total. The predicted molar refractivity (Wildman–Crippen MR) is 82.7 cm³/mol. The fourth-order valence-electron chi connectivity index (χ4n) is 2.59. The zero-order chi connectivity index (χ0) is 15.6. The van der Waals surface area contributed by atoms with E-state index in [0.717, 1.165) is 27.8 Å². The molecule has 0 atom stereocenters. The molecule has 0 radical (unpaired) electrons. The lowest BCUT2D eigenvalue weighted by atomic mass is 9.89. The van der Waals surface area contributed by atoms with Gasteiger partial charge in [-0.2, -0.15) is 0 Å². The van der Waals surface area contributed by atoms with E-state index in [2.05, 4.69) is 6.07 Å². The van der Waals surface area contributed by atoms with Gasteiger partial charge in [-0.15, -0.1) is 0 Å². The molecule has 0 spiro atoms. The molecule has 4 heteroatoms. The lowest BCUT2D eigenvalue weighted by Crippen LogP contribution is -2.33. The van der Waals surface area contributed by atoms with Gasteiger partial charge in [0.05, 0.1) is 0 Å². The average Bonchev–Trinajstić information content (AvgIpc) is 2.48. The number of nitrogens with zero attached hydrogens (tertiary/aromatic N) is 1. The van der Waals surface area contributed by atoms with Crippen LogP contribution in [0.15, 0.2) is 18.2 Å². The number of aryl methyl sites for hydroxylation is 2. The first-order valence-corrected chi connectivity index (χ1v) is 7.25.